The van der Waals surface area contributed by atoms with Crippen LogP contribution < -0.4 is 5.32 Å². The van der Waals surface area contributed by atoms with Crippen LogP contribution in [0.5, 0.6) is 0 Å². The molecule has 6 heteroatoms. The van der Waals surface area contributed by atoms with Crippen LogP contribution in [0.4, 0.5) is 4.39 Å². The standard InChI is InChI=1S/C24H24FN3O2/c1-16-6-7-17(14-20(16)25)15-26-23(29)19-10-12-28(13-11-19)24(30)22-9-8-18-4-2-3-5-21(18)27-22/h2-9,14,19H,10-13,15H2,1H3,(H,26,29). The molecule has 4 rings (SSSR count). The molecule has 154 valence electrons. The summed E-state index contributed by atoms with van der Waals surface area (Å²) in [7, 11) is 0. The van der Waals surface area contributed by atoms with Gasteiger partial charge in [0.25, 0.3) is 5.91 Å². The third-order valence-electron chi connectivity index (χ3n) is 5.67. The molecule has 30 heavy (non-hydrogen) atoms. The van der Waals surface area contributed by atoms with Crippen molar-refractivity contribution in [3.05, 3.63) is 77.2 Å². The van der Waals surface area contributed by atoms with Crippen LogP contribution in [0.15, 0.2) is 54.6 Å². The Morgan fingerprint density at radius 3 is 2.63 bits per heavy atom. The Bertz CT molecular complexity index is 1090. The van der Waals surface area contributed by atoms with Crippen molar-refractivity contribution in [1.29, 1.82) is 0 Å². The van der Waals surface area contributed by atoms with Crippen molar-refractivity contribution in [3.8, 4) is 0 Å². The van der Waals surface area contributed by atoms with Crippen LogP contribution in [-0.2, 0) is 11.3 Å². The Balaban J connectivity index is 1.31. The van der Waals surface area contributed by atoms with E-state index in [1.807, 2.05) is 36.4 Å². The number of piperidine rings is 1. The molecule has 0 unspecified atom stereocenters. The second kappa shape index (κ2) is 8.61. The molecule has 1 aliphatic rings. The lowest BCUT2D eigenvalue weighted by molar-refractivity contribution is -0.126. The van der Waals surface area contributed by atoms with Gasteiger partial charge in [-0.25, -0.2) is 9.37 Å². The summed E-state index contributed by atoms with van der Waals surface area (Å²) in [4.78, 5) is 31.6. The highest BCUT2D eigenvalue weighted by atomic mass is 19.1. The minimum absolute atomic E-state index is 0.0492. The third kappa shape index (κ3) is 4.32. The zero-order valence-corrected chi connectivity index (χ0v) is 16.9. The molecule has 2 aromatic carbocycles. The number of hydrogen-bond acceptors (Lipinski definition) is 3. The normalized spacial score (nSPS) is 14.7. The first kappa shape index (κ1) is 20.0. The minimum atomic E-state index is -0.268. The van der Waals surface area contributed by atoms with Crippen LogP contribution in [0, 0.1) is 18.7 Å². The summed E-state index contributed by atoms with van der Waals surface area (Å²) in [5.41, 5.74) is 2.55. The van der Waals surface area contributed by atoms with E-state index < -0.39 is 0 Å². The Hall–Kier alpha value is -3.28. The molecule has 0 spiro atoms. The highest BCUT2D eigenvalue weighted by Gasteiger charge is 2.28. The molecule has 1 N–H and O–H groups in total. The van der Waals surface area contributed by atoms with Gasteiger partial charge in [-0.3, -0.25) is 9.59 Å². The van der Waals surface area contributed by atoms with E-state index in [9.17, 15) is 14.0 Å². The van der Waals surface area contributed by atoms with Crippen molar-refractivity contribution in [1.82, 2.24) is 15.2 Å². The number of carbonyl (C=O) groups excluding carboxylic acids is 2. The van der Waals surface area contributed by atoms with E-state index in [1.54, 1.807) is 24.0 Å². The van der Waals surface area contributed by atoms with E-state index in [0.717, 1.165) is 16.5 Å². The number of nitrogens with zero attached hydrogens (tertiary/aromatic N) is 2. The molecular formula is C24H24FN3O2. The van der Waals surface area contributed by atoms with Crippen LogP contribution >= 0.6 is 0 Å². The maximum atomic E-state index is 13.6. The maximum absolute atomic E-state index is 13.6. The van der Waals surface area contributed by atoms with Crippen molar-refractivity contribution in [2.75, 3.05) is 13.1 Å². The molecule has 0 aliphatic carbocycles. The SMILES string of the molecule is Cc1ccc(CNC(=O)C2CCN(C(=O)c3ccc4ccccc4n3)CC2)cc1F. The maximum Gasteiger partial charge on any atom is 0.272 e. The van der Waals surface area contributed by atoms with Gasteiger partial charge in [-0.05, 0) is 49.1 Å². The summed E-state index contributed by atoms with van der Waals surface area (Å²) in [5.74, 6) is -0.563. The fraction of sp³-hybridized carbons (Fsp3) is 0.292. The molecule has 0 bridgehead atoms. The van der Waals surface area contributed by atoms with Gasteiger partial charge in [0.05, 0.1) is 5.52 Å². The second-order valence-electron chi connectivity index (χ2n) is 7.76. The van der Waals surface area contributed by atoms with Crippen LogP contribution in [0.25, 0.3) is 10.9 Å². The predicted octanol–water partition coefficient (Wildman–Crippen LogP) is 3.85. The molecule has 1 fully saturated rings. The van der Waals surface area contributed by atoms with Crippen LogP contribution in [0.3, 0.4) is 0 Å². The molecule has 0 saturated carbocycles. The molecule has 0 radical (unpaired) electrons. The summed E-state index contributed by atoms with van der Waals surface area (Å²) in [5, 5.41) is 3.89. The molecule has 5 nitrogen and oxygen atoms in total. The number of hydrogen-bond donors (Lipinski definition) is 1. The number of rotatable bonds is 4. The summed E-state index contributed by atoms with van der Waals surface area (Å²) in [6, 6.07) is 16.3. The number of carbonyl (C=O) groups is 2. The Morgan fingerprint density at radius 2 is 1.87 bits per heavy atom. The zero-order valence-electron chi connectivity index (χ0n) is 16.9. The quantitative estimate of drug-likeness (QED) is 0.717. The zero-order chi connectivity index (χ0) is 21.1. The highest BCUT2D eigenvalue weighted by Crippen LogP contribution is 2.20. The van der Waals surface area contributed by atoms with Crippen LogP contribution in [0.1, 0.15) is 34.5 Å². The lowest BCUT2D eigenvalue weighted by Gasteiger charge is -2.31. The van der Waals surface area contributed by atoms with Gasteiger partial charge in [-0.1, -0.05) is 36.4 Å². The molecule has 0 atom stereocenters. The monoisotopic (exact) mass is 405 g/mol. The third-order valence-corrected chi connectivity index (χ3v) is 5.67. The largest absolute Gasteiger partial charge is 0.352 e. The number of aromatic nitrogens is 1. The van der Waals surface area contributed by atoms with Gasteiger partial charge < -0.3 is 10.2 Å². The molecule has 1 saturated heterocycles. The number of pyridine rings is 1. The number of para-hydroxylation sites is 1. The Kier molecular flexibility index (Phi) is 5.74. The number of benzene rings is 2. The lowest BCUT2D eigenvalue weighted by atomic mass is 9.95. The second-order valence-corrected chi connectivity index (χ2v) is 7.76. The first-order chi connectivity index (χ1) is 14.5. The Morgan fingerprint density at radius 1 is 1.10 bits per heavy atom. The Labute approximate surface area is 174 Å². The van der Waals surface area contributed by atoms with E-state index in [4.69, 9.17) is 0 Å². The van der Waals surface area contributed by atoms with Crippen molar-refractivity contribution < 1.29 is 14.0 Å². The van der Waals surface area contributed by atoms with Gasteiger partial charge in [0.15, 0.2) is 0 Å². The van der Waals surface area contributed by atoms with E-state index in [1.165, 1.54) is 6.07 Å². The van der Waals surface area contributed by atoms with Crippen LogP contribution in [0.2, 0.25) is 0 Å². The molecule has 1 aromatic heterocycles. The number of aryl methyl sites for hydroxylation is 1. The van der Waals surface area contributed by atoms with Gasteiger partial charge in [-0.15, -0.1) is 0 Å². The number of nitrogens with one attached hydrogen (secondary N) is 1. The lowest BCUT2D eigenvalue weighted by Crippen LogP contribution is -2.43. The number of fused-ring (bicyclic) bond motifs is 1. The average Bonchev–Trinajstić information content (AvgIpc) is 2.79. The fourth-order valence-electron chi connectivity index (χ4n) is 3.77. The number of likely N-dealkylation sites (tertiary alicyclic amines) is 1. The number of amides is 2. The van der Waals surface area contributed by atoms with Crippen molar-refractivity contribution >= 4 is 22.7 Å². The predicted molar refractivity (Wildman–Crippen MR) is 113 cm³/mol. The van der Waals surface area contributed by atoms with Gasteiger partial charge in [0.2, 0.25) is 5.91 Å². The highest BCUT2D eigenvalue weighted by molar-refractivity contribution is 5.95. The molecule has 2 heterocycles. The van der Waals surface area contributed by atoms with E-state index in [2.05, 4.69) is 10.3 Å². The summed E-state index contributed by atoms with van der Waals surface area (Å²) < 4.78 is 13.6. The molecular weight excluding hydrogens is 381 g/mol. The molecule has 2 amide bonds. The first-order valence-corrected chi connectivity index (χ1v) is 10.2. The van der Waals surface area contributed by atoms with E-state index >= 15 is 0 Å². The minimum Gasteiger partial charge on any atom is -0.352 e. The summed E-state index contributed by atoms with van der Waals surface area (Å²) in [6.45, 7) is 3.05. The van der Waals surface area contributed by atoms with Crippen molar-refractivity contribution in [2.45, 2.75) is 26.3 Å². The average molecular weight is 405 g/mol. The van der Waals surface area contributed by atoms with Gasteiger partial charge >= 0.3 is 0 Å². The summed E-state index contributed by atoms with van der Waals surface area (Å²) >= 11 is 0. The molecule has 3 aromatic rings. The van der Waals surface area contributed by atoms with Gasteiger partial charge in [0, 0.05) is 30.9 Å². The summed E-state index contributed by atoms with van der Waals surface area (Å²) in [6.07, 6.45) is 1.21. The fourth-order valence-corrected chi connectivity index (χ4v) is 3.77. The van der Waals surface area contributed by atoms with Crippen molar-refractivity contribution in [2.24, 2.45) is 5.92 Å². The topological polar surface area (TPSA) is 62.3 Å². The van der Waals surface area contributed by atoms with Gasteiger partial charge in [0.1, 0.15) is 11.5 Å². The number of halogens is 1. The van der Waals surface area contributed by atoms with Crippen LogP contribution in [-0.4, -0.2) is 34.8 Å². The van der Waals surface area contributed by atoms with Crippen molar-refractivity contribution in [3.63, 3.8) is 0 Å². The first-order valence-electron chi connectivity index (χ1n) is 10.2. The smallest absolute Gasteiger partial charge is 0.272 e. The van der Waals surface area contributed by atoms with Gasteiger partial charge in [-0.2, -0.15) is 0 Å². The van der Waals surface area contributed by atoms with E-state index in [-0.39, 0.29) is 23.5 Å². The molecule has 1 aliphatic heterocycles. The van der Waals surface area contributed by atoms with E-state index in [0.29, 0.717) is 43.7 Å².